The Labute approximate surface area is 369 Å². The lowest BCUT2D eigenvalue weighted by atomic mass is 9.44. The van der Waals surface area contributed by atoms with Gasteiger partial charge in [0.1, 0.15) is 23.9 Å². The molecule has 1 saturated heterocycles. The maximum Gasteiger partial charge on any atom is 0.338 e. The second kappa shape index (κ2) is 16.5. The summed E-state index contributed by atoms with van der Waals surface area (Å²) in [6.45, 7) is 6.83. The van der Waals surface area contributed by atoms with Crippen molar-refractivity contribution in [2.24, 2.45) is 16.7 Å². The van der Waals surface area contributed by atoms with Gasteiger partial charge in [0, 0.05) is 36.8 Å². The molecule has 3 aromatic rings. The number of ketones is 1. The molecule has 2 aliphatic heterocycles. The third kappa shape index (κ3) is 7.14. The minimum absolute atomic E-state index is 0.000437. The fraction of sp³-hybridized carbons (Fsp3) is 0.429. The van der Waals surface area contributed by atoms with E-state index in [4.69, 9.17) is 23.7 Å². The molecule has 3 fully saturated rings. The molecule has 0 radical (unpaired) electrons. The maximum absolute atomic E-state index is 15.6. The van der Waals surface area contributed by atoms with Gasteiger partial charge in [-0.3, -0.25) is 14.4 Å². The fourth-order valence-electron chi connectivity index (χ4n) is 10.8. The van der Waals surface area contributed by atoms with Gasteiger partial charge >= 0.3 is 23.9 Å². The lowest BCUT2D eigenvalue weighted by molar-refractivity contribution is -0.345. The number of carbonyl (C=O) groups is 6. The van der Waals surface area contributed by atoms with Crippen molar-refractivity contribution in [1.29, 1.82) is 0 Å². The van der Waals surface area contributed by atoms with Crippen molar-refractivity contribution in [1.82, 2.24) is 5.32 Å². The number of allylic oxidation sites excluding steroid dienone is 1. The summed E-state index contributed by atoms with van der Waals surface area (Å²) >= 11 is 0. The Morgan fingerprint density at radius 1 is 0.859 bits per heavy atom. The van der Waals surface area contributed by atoms with E-state index in [0.717, 1.165) is 13.0 Å². The van der Waals surface area contributed by atoms with Gasteiger partial charge < -0.3 is 44.3 Å². The molecule has 8 rings (SSSR count). The minimum Gasteiger partial charge on any atom is -0.456 e. The molecule has 3 aliphatic carbocycles. The molecule has 5 aliphatic rings. The van der Waals surface area contributed by atoms with Crippen molar-refractivity contribution in [2.45, 2.75) is 108 Å². The molecule has 0 aromatic heterocycles. The van der Waals surface area contributed by atoms with Gasteiger partial charge in [-0.15, -0.1) is 0 Å². The Balaban J connectivity index is 1.37. The highest BCUT2D eigenvalue weighted by molar-refractivity contribution is 5.96. The molecule has 2 saturated carbocycles. The summed E-state index contributed by atoms with van der Waals surface area (Å²) in [6, 6.07) is 21.3. The number of ether oxygens (including phenoxy) is 5. The number of carbonyl (C=O) groups excluding carboxylic acids is 6. The first kappa shape index (κ1) is 44.6. The number of rotatable bonds is 5. The van der Waals surface area contributed by atoms with Crippen LogP contribution in [0.5, 0.6) is 0 Å². The molecule has 11 unspecified atom stereocenters. The summed E-state index contributed by atoms with van der Waals surface area (Å²) in [6.07, 6.45) is -8.00. The van der Waals surface area contributed by atoms with Crippen LogP contribution in [-0.2, 0) is 49.3 Å². The number of amides is 1. The lowest BCUT2D eigenvalue weighted by Crippen LogP contribution is -2.82. The van der Waals surface area contributed by atoms with Crippen LogP contribution in [0.1, 0.15) is 85.3 Å². The second-order valence-corrected chi connectivity index (χ2v) is 18.1. The van der Waals surface area contributed by atoms with Crippen LogP contribution >= 0.6 is 0 Å². The van der Waals surface area contributed by atoms with E-state index >= 15 is 4.79 Å². The van der Waals surface area contributed by atoms with Gasteiger partial charge in [0.25, 0.3) is 5.91 Å². The largest absolute Gasteiger partial charge is 0.456 e. The number of hydrogen-bond donors (Lipinski definition) is 4. The average molecular weight is 878 g/mol. The second-order valence-electron chi connectivity index (χ2n) is 18.1. The van der Waals surface area contributed by atoms with Crippen molar-refractivity contribution in [3.05, 3.63) is 130 Å². The Morgan fingerprint density at radius 3 is 2.14 bits per heavy atom. The van der Waals surface area contributed by atoms with Gasteiger partial charge in [-0.2, -0.15) is 0 Å². The van der Waals surface area contributed by atoms with E-state index in [1.54, 1.807) is 86.6 Å². The first-order valence-electron chi connectivity index (χ1n) is 21.3. The summed E-state index contributed by atoms with van der Waals surface area (Å²) in [5, 5.41) is 40.8. The molecular weight excluding hydrogens is 827 g/mol. The summed E-state index contributed by atoms with van der Waals surface area (Å²) in [5.74, 6) is -7.02. The summed E-state index contributed by atoms with van der Waals surface area (Å²) < 4.78 is 30.9. The first-order chi connectivity index (χ1) is 30.3. The van der Waals surface area contributed by atoms with Crippen molar-refractivity contribution < 1.29 is 67.8 Å². The van der Waals surface area contributed by atoms with Crippen molar-refractivity contribution in [2.75, 3.05) is 6.61 Å². The summed E-state index contributed by atoms with van der Waals surface area (Å²) in [5.41, 5.74) is -6.68. The molecule has 3 aromatic carbocycles. The number of nitrogens with one attached hydrogen (secondary N) is 1. The summed E-state index contributed by atoms with van der Waals surface area (Å²) in [4.78, 5) is 85.5. The quantitative estimate of drug-likeness (QED) is 0.163. The molecule has 11 atom stereocenters. The molecule has 15 heteroatoms. The van der Waals surface area contributed by atoms with Crippen LogP contribution in [-0.4, -0.2) is 105 Å². The number of aliphatic hydroxyl groups is 3. The van der Waals surface area contributed by atoms with Gasteiger partial charge in [-0.05, 0) is 66.8 Å². The molecule has 64 heavy (non-hydrogen) atoms. The van der Waals surface area contributed by atoms with Crippen molar-refractivity contribution in [3.63, 3.8) is 0 Å². The molecule has 15 nitrogen and oxygen atoms in total. The van der Waals surface area contributed by atoms with E-state index in [-0.39, 0.29) is 41.7 Å². The Kier molecular flexibility index (Phi) is 11.5. The van der Waals surface area contributed by atoms with Crippen LogP contribution in [0.4, 0.5) is 0 Å². The smallest absolute Gasteiger partial charge is 0.338 e. The standard InChI is InChI=1S/C49H51NO14/c1-26-32-24-49(59)42(63-44(57)30-18-10-7-11-19-30)40-47(5,41(55)39(61-27(2)51)36(26)46(49,3)4)33(52)23-34-48(40,25-60-34)64-35(53)22-14-20-28-15-12-13-21-31(28)37(38(54)45(58)62-32)50-43(56)29-16-8-6-9-17-29/h6-19,21-22,32-34,37-40,42,52,54,59H,20,23-25H2,1-5H3,(H,50,56). The number of esters is 4. The Morgan fingerprint density at radius 2 is 1.50 bits per heavy atom. The Hall–Kier alpha value is -6.00. The highest BCUT2D eigenvalue weighted by atomic mass is 16.6. The highest BCUT2D eigenvalue weighted by Gasteiger charge is 2.78. The maximum atomic E-state index is 15.6. The minimum atomic E-state index is -2.40. The van der Waals surface area contributed by atoms with E-state index in [1.807, 2.05) is 0 Å². The topological polar surface area (TPSA) is 221 Å². The zero-order chi connectivity index (χ0) is 45.9. The number of hydrogen-bond acceptors (Lipinski definition) is 14. The van der Waals surface area contributed by atoms with Gasteiger partial charge in [0.15, 0.2) is 23.6 Å². The van der Waals surface area contributed by atoms with E-state index in [2.05, 4.69) is 5.32 Å². The van der Waals surface area contributed by atoms with Gasteiger partial charge in [0.05, 0.1) is 35.6 Å². The monoisotopic (exact) mass is 877 g/mol. The molecule has 4 bridgehead atoms. The van der Waals surface area contributed by atoms with Crippen LogP contribution in [0.15, 0.2) is 108 Å². The normalized spacial score (nSPS) is 34.3. The van der Waals surface area contributed by atoms with Crippen molar-refractivity contribution in [3.8, 4) is 0 Å². The van der Waals surface area contributed by atoms with Crippen LogP contribution in [0.2, 0.25) is 0 Å². The third-order valence-corrected chi connectivity index (χ3v) is 14.3. The molecule has 2 heterocycles. The zero-order valence-corrected chi connectivity index (χ0v) is 36.0. The third-order valence-electron chi connectivity index (χ3n) is 14.3. The predicted molar refractivity (Wildman–Crippen MR) is 225 cm³/mol. The number of aliphatic hydroxyl groups excluding tert-OH is 2. The molecule has 1 amide bonds. The molecule has 4 N–H and O–H groups in total. The van der Waals surface area contributed by atoms with Crippen LogP contribution < -0.4 is 5.32 Å². The number of Topliss-reactive ketones (excluding diaryl/α,β-unsaturated/α-hetero) is 1. The summed E-state index contributed by atoms with van der Waals surface area (Å²) in [7, 11) is 0. The van der Waals surface area contributed by atoms with Gasteiger partial charge in [-0.25, -0.2) is 14.4 Å². The average Bonchev–Trinajstić information content (AvgIpc) is 3.26. The van der Waals surface area contributed by atoms with Gasteiger partial charge in [0.2, 0.25) is 0 Å². The predicted octanol–water partition coefficient (Wildman–Crippen LogP) is 3.83. The van der Waals surface area contributed by atoms with Gasteiger partial charge in [-0.1, -0.05) is 80.6 Å². The fourth-order valence-corrected chi connectivity index (χ4v) is 10.8. The highest BCUT2D eigenvalue weighted by Crippen LogP contribution is 2.64. The van der Waals surface area contributed by atoms with Crippen LogP contribution in [0.25, 0.3) is 0 Å². The van der Waals surface area contributed by atoms with Crippen LogP contribution in [0.3, 0.4) is 0 Å². The molecule has 336 valence electrons. The number of fused-ring (bicyclic) bond motifs is 3. The zero-order valence-electron chi connectivity index (χ0n) is 36.0. The van der Waals surface area contributed by atoms with E-state index in [9.17, 15) is 39.3 Å². The SMILES string of the molecule is CC(=O)OC1C(=O)C2(C)C(O)CC3OCC34OC(=O)C=CCc3ccccc3C(NC(=O)c3ccccc3)C(O)C(=O)OC3CC(O)(C(OC(=O)c5ccccc5)C42)C(C)(C)C1=C3C. The van der Waals surface area contributed by atoms with Crippen molar-refractivity contribution >= 4 is 35.6 Å². The van der Waals surface area contributed by atoms with E-state index in [1.165, 1.54) is 32.1 Å². The molecular formula is C49H51NO14. The Bertz CT molecular complexity index is 2450. The molecule has 1 spiro atoms. The first-order valence-corrected chi connectivity index (χ1v) is 21.3. The van der Waals surface area contributed by atoms with E-state index in [0.29, 0.717) is 11.1 Å². The number of benzene rings is 3. The lowest BCUT2D eigenvalue weighted by Gasteiger charge is -2.67. The van der Waals surface area contributed by atoms with Crippen LogP contribution in [0, 0.1) is 16.7 Å². The van der Waals surface area contributed by atoms with E-state index < -0.39 is 113 Å².